The first kappa shape index (κ1) is 20.0. The van der Waals surface area contributed by atoms with E-state index in [0.717, 1.165) is 50.3 Å². The lowest BCUT2D eigenvalue weighted by Crippen LogP contribution is -2.24. The zero-order chi connectivity index (χ0) is 20.2. The smallest absolute Gasteiger partial charge is 0.329 e. The standard InChI is InChI=1S/C21H28N6OS/c1-27(2)10-9-22-18-12-24-19(13-23-18)29-26-21(28)25-20-16-7-3-5-14(16)11-15-6-4-8-17(15)20/h11-13H,3-10H2,1-2H3,(H,22,23)(H2,25,26,28). The zero-order valence-electron chi connectivity index (χ0n) is 17.0. The molecule has 29 heavy (non-hydrogen) atoms. The zero-order valence-corrected chi connectivity index (χ0v) is 17.9. The molecule has 0 radical (unpaired) electrons. The summed E-state index contributed by atoms with van der Waals surface area (Å²) in [6.07, 6.45) is 10.1. The first-order valence-corrected chi connectivity index (χ1v) is 11.0. The van der Waals surface area contributed by atoms with Gasteiger partial charge in [0.1, 0.15) is 10.8 Å². The van der Waals surface area contributed by atoms with Crippen molar-refractivity contribution in [3.63, 3.8) is 0 Å². The van der Waals surface area contributed by atoms with Crippen molar-refractivity contribution in [2.75, 3.05) is 37.8 Å². The van der Waals surface area contributed by atoms with Gasteiger partial charge in [0, 0.05) is 30.7 Å². The van der Waals surface area contributed by atoms with Crippen LogP contribution in [0.25, 0.3) is 0 Å². The van der Waals surface area contributed by atoms with E-state index < -0.39 is 0 Å². The molecule has 0 unspecified atom stereocenters. The van der Waals surface area contributed by atoms with Crippen molar-refractivity contribution in [2.24, 2.45) is 0 Å². The van der Waals surface area contributed by atoms with E-state index in [1.54, 1.807) is 12.4 Å². The van der Waals surface area contributed by atoms with Crippen LogP contribution < -0.4 is 15.4 Å². The summed E-state index contributed by atoms with van der Waals surface area (Å²) in [7, 11) is 4.06. The number of aryl methyl sites for hydroxylation is 2. The molecule has 1 aromatic heterocycles. The van der Waals surface area contributed by atoms with Gasteiger partial charge in [-0.3, -0.25) is 4.72 Å². The third-order valence-electron chi connectivity index (χ3n) is 5.45. The molecule has 7 nitrogen and oxygen atoms in total. The lowest BCUT2D eigenvalue weighted by Gasteiger charge is -2.16. The van der Waals surface area contributed by atoms with Crippen LogP contribution in [0.5, 0.6) is 0 Å². The van der Waals surface area contributed by atoms with E-state index in [1.807, 2.05) is 14.1 Å². The SMILES string of the molecule is CN(C)CCNc1cnc(SNC(=O)Nc2c3c(cc4c2CCC4)CCC3)cn1. The fourth-order valence-electron chi connectivity index (χ4n) is 4.07. The molecular formula is C21H28N6OS. The molecule has 0 bridgehead atoms. The third kappa shape index (κ3) is 4.82. The largest absolute Gasteiger partial charge is 0.368 e. The van der Waals surface area contributed by atoms with Crippen LogP contribution in [-0.4, -0.2) is 48.1 Å². The predicted molar refractivity (Wildman–Crippen MR) is 118 cm³/mol. The van der Waals surface area contributed by atoms with Crippen LogP contribution in [0.2, 0.25) is 0 Å². The summed E-state index contributed by atoms with van der Waals surface area (Å²) < 4.78 is 2.84. The minimum Gasteiger partial charge on any atom is -0.368 e. The summed E-state index contributed by atoms with van der Waals surface area (Å²) in [4.78, 5) is 23.4. The molecule has 0 saturated heterocycles. The van der Waals surface area contributed by atoms with Gasteiger partial charge in [-0.25, -0.2) is 14.8 Å². The lowest BCUT2D eigenvalue weighted by molar-refractivity contribution is 0.257. The molecule has 2 aliphatic carbocycles. The van der Waals surface area contributed by atoms with E-state index in [4.69, 9.17) is 0 Å². The monoisotopic (exact) mass is 412 g/mol. The highest BCUT2D eigenvalue weighted by molar-refractivity contribution is 7.97. The topological polar surface area (TPSA) is 82.2 Å². The predicted octanol–water partition coefficient (Wildman–Crippen LogP) is 3.26. The number of nitrogens with one attached hydrogen (secondary N) is 3. The van der Waals surface area contributed by atoms with Crippen molar-refractivity contribution in [3.8, 4) is 0 Å². The number of anilines is 2. The molecule has 2 aliphatic rings. The van der Waals surface area contributed by atoms with Crippen LogP contribution >= 0.6 is 11.9 Å². The summed E-state index contributed by atoms with van der Waals surface area (Å²) in [5, 5.41) is 7.01. The number of aromatic nitrogens is 2. The highest BCUT2D eigenvalue weighted by Crippen LogP contribution is 2.38. The molecule has 0 aliphatic heterocycles. The van der Waals surface area contributed by atoms with Crippen molar-refractivity contribution in [1.82, 2.24) is 19.6 Å². The van der Waals surface area contributed by atoms with Gasteiger partial charge >= 0.3 is 6.03 Å². The number of fused-ring (bicyclic) bond motifs is 2. The summed E-state index contributed by atoms with van der Waals surface area (Å²) in [6, 6.07) is 2.16. The van der Waals surface area contributed by atoms with Crippen LogP contribution in [0, 0.1) is 0 Å². The summed E-state index contributed by atoms with van der Waals surface area (Å²) in [5.41, 5.74) is 6.54. The Hall–Kier alpha value is -2.32. The number of carbonyl (C=O) groups is 1. The number of hydrogen-bond acceptors (Lipinski definition) is 6. The summed E-state index contributed by atoms with van der Waals surface area (Å²) in [5.74, 6) is 0.732. The number of likely N-dealkylation sites (N-methyl/N-ethyl adjacent to an activating group) is 1. The Morgan fingerprint density at radius 3 is 2.41 bits per heavy atom. The Labute approximate surface area is 176 Å². The van der Waals surface area contributed by atoms with Crippen LogP contribution in [0.3, 0.4) is 0 Å². The van der Waals surface area contributed by atoms with E-state index in [1.165, 1.54) is 47.0 Å². The maximum atomic E-state index is 12.5. The molecule has 1 heterocycles. The fraction of sp³-hybridized carbons (Fsp3) is 0.476. The molecule has 0 saturated carbocycles. The molecule has 154 valence electrons. The van der Waals surface area contributed by atoms with E-state index in [9.17, 15) is 4.79 Å². The second-order valence-electron chi connectivity index (χ2n) is 7.86. The molecular weight excluding hydrogens is 384 g/mol. The molecule has 2 amide bonds. The number of amides is 2. The summed E-state index contributed by atoms with van der Waals surface area (Å²) in [6.45, 7) is 1.73. The fourth-order valence-corrected chi connectivity index (χ4v) is 4.53. The Morgan fingerprint density at radius 2 is 1.79 bits per heavy atom. The molecule has 4 rings (SSSR count). The van der Waals surface area contributed by atoms with Crippen molar-refractivity contribution < 1.29 is 4.79 Å². The number of carbonyl (C=O) groups excluding carboxylic acids is 1. The lowest BCUT2D eigenvalue weighted by atomic mass is 9.99. The van der Waals surface area contributed by atoms with Gasteiger partial charge in [-0.1, -0.05) is 6.07 Å². The van der Waals surface area contributed by atoms with Gasteiger partial charge in [-0.05, 0) is 74.9 Å². The first-order chi connectivity index (χ1) is 14.1. The van der Waals surface area contributed by atoms with E-state index in [-0.39, 0.29) is 6.03 Å². The van der Waals surface area contributed by atoms with Gasteiger partial charge in [0.05, 0.1) is 12.4 Å². The van der Waals surface area contributed by atoms with Gasteiger partial charge in [-0.15, -0.1) is 0 Å². The van der Waals surface area contributed by atoms with Gasteiger partial charge in [-0.2, -0.15) is 0 Å². The Morgan fingerprint density at radius 1 is 1.07 bits per heavy atom. The van der Waals surface area contributed by atoms with Crippen LogP contribution in [0.15, 0.2) is 23.5 Å². The molecule has 8 heteroatoms. The normalized spacial score (nSPS) is 14.6. The molecule has 2 aromatic rings. The average Bonchev–Trinajstić information content (AvgIpc) is 3.36. The van der Waals surface area contributed by atoms with Crippen LogP contribution in [0.4, 0.5) is 16.3 Å². The van der Waals surface area contributed by atoms with Crippen molar-refractivity contribution >= 4 is 29.5 Å². The number of urea groups is 1. The minimum absolute atomic E-state index is 0.209. The van der Waals surface area contributed by atoms with Crippen molar-refractivity contribution in [2.45, 2.75) is 43.6 Å². The van der Waals surface area contributed by atoms with Gasteiger partial charge in [0.2, 0.25) is 0 Å². The van der Waals surface area contributed by atoms with Crippen molar-refractivity contribution in [1.29, 1.82) is 0 Å². The second kappa shape index (κ2) is 9.00. The first-order valence-electron chi connectivity index (χ1n) is 10.2. The van der Waals surface area contributed by atoms with Crippen molar-refractivity contribution in [3.05, 3.63) is 40.7 Å². The van der Waals surface area contributed by atoms with Gasteiger partial charge in [0.25, 0.3) is 0 Å². The maximum Gasteiger partial charge on any atom is 0.329 e. The van der Waals surface area contributed by atoms with E-state index in [0.29, 0.717) is 5.03 Å². The molecule has 0 fully saturated rings. The molecule has 3 N–H and O–H groups in total. The van der Waals surface area contributed by atoms with Crippen LogP contribution in [-0.2, 0) is 25.7 Å². The Bertz CT molecular complexity index is 851. The minimum atomic E-state index is -0.209. The third-order valence-corrected chi connectivity index (χ3v) is 6.16. The van der Waals surface area contributed by atoms with E-state index >= 15 is 0 Å². The Balaban J connectivity index is 1.33. The van der Waals surface area contributed by atoms with Gasteiger partial charge < -0.3 is 15.5 Å². The second-order valence-corrected chi connectivity index (χ2v) is 8.69. The summed E-state index contributed by atoms with van der Waals surface area (Å²) >= 11 is 1.18. The number of nitrogens with zero attached hydrogens (tertiary/aromatic N) is 3. The van der Waals surface area contributed by atoms with Crippen LogP contribution in [0.1, 0.15) is 35.1 Å². The quantitative estimate of drug-likeness (QED) is 0.606. The average molecular weight is 413 g/mol. The van der Waals surface area contributed by atoms with E-state index in [2.05, 4.69) is 36.3 Å². The number of hydrogen-bond donors (Lipinski definition) is 3. The van der Waals surface area contributed by atoms with Gasteiger partial charge in [0.15, 0.2) is 0 Å². The molecule has 0 atom stereocenters. The Kier molecular flexibility index (Phi) is 6.20. The number of benzene rings is 1. The maximum absolute atomic E-state index is 12.5. The molecule has 0 spiro atoms. The highest BCUT2D eigenvalue weighted by atomic mass is 32.2. The highest BCUT2D eigenvalue weighted by Gasteiger charge is 2.24. The number of rotatable bonds is 7. The molecule has 1 aromatic carbocycles.